The number of nitrogens with zero attached hydrogens (tertiary/aromatic N) is 1. The van der Waals surface area contributed by atoms with Crippen LogP contribution in [0.4, 0.5) is 5.69 Å². The lowest BCUT2D eigenvalue weighted by molar-refractivity contribution is -0.132. The number of fused-ring (bicyclic) bond motifs is 2. The molecule has 2 fully saturated rings. The van der Waals surface area contributed by atoms with E-state index in [0.717, 1.165) is 22.8 Å². The lowest BCUT2D eigenvalue weighted by Crippen LogP contribution is -2.46. The van der Waals surface area contributed by atoms with E-state index in [1.54, 1.807) is 12.1 Å². The summed E-state index contributed by atoms with van der Waals surface area (Å²) in [4.78, 5) is 25.9. The predicted molar refractivity (Wildman–Crippen MR) is 77.5 cm³/mol. The first kappa shape index (κ1) is 12.4. The van der Waals surface area contributed by atoms with E-state index >= 15 is 0 Å². The normalized spacial score (nSPS) is 26.9. The average molecular weight is 376 g/mol. The molecule has 1 heterocycles. The van der Waals surface area contributed by atoms with Gasteiger partial charge in [0.2, 0.25) is 11.8 Å². The fourth-order valence-electron chi connectivity index (χ4n) is 2.80. The van der Waals surface area contributed by atoms with E-state index in [0.29, 0.717) is 10.7 Å². The molecule has 0 aromatic heterocycles. The zero-order chi connectivity index (χ0) is 12.9. The fourth-order valence-corrected chi connectivity index (χ4v) is 3.48. The highest BCUT2D eigenvalue weighted by Crippen LogP contribution is 2.41. The maximum atomic E-state index is 12.3. The summed E-state index contributed by atoms with van der Waals surface area (Å²) in [5.74, 6) is -0.168. The number of carbonyl (C=O) groups is 2. The highest BCUT2D eigenvalue weighted by atomic mass is 127. The van der Waals surface area contributed by atoms with Gasteiger partial charge in [-0.15, -0.1) is 0 Å². The van der Waals surface area contributed by atoms with Gasteiger partial charge in [0.25, 0.3) is 0 Å². The zero-order valence-corrected chi connectivity index (χ0v) is 12.4. The highest BCUT2D eigenvalue weighted by Gasteiger charge is 2.46. The second-order valence-corrected chi connectivity index (χ2v) is 6.47. The summed E-state index contributed by atoms with van der Waals surface area (Å²) in [5, 5.41) is 0.457. The predicted octanol–water partition coefficient (Wildman–Crippen LogP) is 3.23. The minimum Gasteiger partial charge on any atom is -0.274 e. The number of piperidine rings is 1. The van der Waals surface area contributed by atoms with Gasteiger partial charge in [0, 0.05) is 15.4 Å². The molecule has 1 aromatic rings. The molecular formula is C13H11ClINO2. The van der Waals surface area contributed by atoms with Crippen molar-refractivity contribution in [2.75, 3.05) is 4.90 Å². The summed E-state index contributed by atoms with van der Waals surface area (Å²) in [7, 11) is 0. The van der Waals surface area contributed by atoms with Crippen molar-refractivity contribution in [3.8, 4) is 0 Å². The Morgan fingerprint density at radius 2 is 1.78 bits per heavy atom. The third-order valence-corrected chi connectivity index (χ3v) is 4.71. The Labute approximate surface area is 124 Å². The molecule has 94 valence electrons. The maximum absolute atomic E-state index is 12.3. The molecule has 1 aromatic carbocycles. The van der Waals surface area contributed by atoms with Gasteiger partial charge in [0.05, 0.1) is 10.7 Å². The van der Waals surface area contributed by atoms with Crippen molar-refractivity contribution >= 4 is 51.7 Å². The van der Waals surface area contributed by atoms with Crippen LogP contribution in [0.1, 0.15) is 19.3 Å². The van der Waals surface area contributed by atoms with Crippen molar-refractivity contribution < 1.29 is 9.59 Å². The van der Waals surface area contributed by atoms with Crippen LogP contribution in [0, 0.1) is 15.4 Å². The summed E-state index contributed by atoms with van der Waals surface area (Å²) in [5.41, 5.74) is 0.537. The quantitative estimate of drug-likeness (QED) is 0.558. The van der Waals surface area contributed by atoms with Crippen LogP contribution in [0.15, 0.2) is 18.2 Å². The van der Waals surface area contributed by atoms with E-state index < -0.39 is 0 Å². The van der Waals surface area contributed by atoms with Crippen molar-refractivity contribution in [1.82, 2.24) is 0 Å². The van der Waals surface area contributed by atoms with E-state index in [-0.39, 0.29) is 23.7 Å². The van der Waals surface area contributed by atoms with Crippen LogP contribution in [-0.4, -0.2) is 11.8 Å². The van der Waals surface area contributed by atoms with E-state index in [1.807, 2.05) is 6.07 Å². The van der Waals surface area contributed by atoms with Crippen LogP contribution in [0.2, 0.25) is 5.02 Å². The van der Waals surface area contributed by atoms with Crippen molar-refractivity contribution in [2.45, 2.75) is 19.3 Å². The molecule has 2 amide bonds. The molecule has 2 aliphatic rings. The Balaban J connectivity index is 2.07. The molecule has 5 heteroatoms. The standard InChI is InChI=1S/C13H11ClINO2/c14-10-4-3-9(15)6-11(10)16-12(17)7-1-2-8(5-7)13(16)18/h3-4,6-8H,1-2,5H2. The Kier molecular flexibility index (Phi) is 3.10. The molecule has 3 rings (SSSR count). The van der Waals surface area contributed by atoms with Crippen molar-refractivity contribution in [2.24, 2.45) is 11.8 Å². The van der Waals surface area contributed by atoms with Gasteiger partial charge in [0.1, 0.15) is 0 Å². The van der Waals surface area contributed by atoms with E-state index in [4.69, 9.17) is 11.6 Å². The molecule has 1 aliphatic carbocycles. The minimum absolute atomic E-state index is 0.00151. The molecule has 18 heavy (non-hydrogen) atoms. The van der Waals surface area contributed by atoms with E-state index in [2.05, 4.69) is 22.6 Å². The van der Waals surface area contributed by atoms with Crippen LogP contribution >= 0.6 is 34.2 Å². The first-order valence-electron chi connectivity index (χ1n) is 5.91. The van der Waals surface area contributed by atoms with Crippen LogP contribution < -0.4 is 4.90 Å². The number of imide groups is 1. The molecular weight excluding hydrogens is 365 g/mol. The van der Waals surface area contributed by atoms with Crippen molar-refractivity contribution in [3.05, 3.63) is 26.8 Å². The first-order valence-corrected chi connectivity index (χ1v) is 7.36. The van der Waals surface area contributed by atoms with Crippen LogP contribution in [0.25, 0.3) is 0 Å². The second kappa shape index (κ2) is 4.49. The number of anilines is 1. The average Bonchev–Trinajstić information content (AvgIpc) is 2.78. The minimum atomic E-state index is -0.0855. The Bertz CT molecular complexity index is 524. The van der Waals surface area contributed by atoms with Gasteiger partial charge in [0.15, 0.2) is 0 Å². The summed E-state index contributed by atoms with van der Waals surface area (Å²) >= 11 is 8.28. The van der Waals surface area contributed by atoms with Gasteiger partial charge in [-0.1, -0.05) is 11.6 Å². The van der Waals surface area contributed by atoms with Gasteiger partial charge in [-0.25, -0.2) is 4.90 Å². The van der Waals surface area contributed by atoms with Crippen molar-refractivity contribution in [1.29, 1.82) is 0 Å². The first-order chi connectivity index (χ1) is 8.58. The number of amides is 2. The number of hydrogen-bond donors (Lipinski definition) is 0. The zero-order valence-electron chi connectivity index (χ0n) is 9.53. The van der Waals surface area contributed by atoms with Gasteiger partial charge < -0.3 is 0 Å². The summed E-state index contributed by atoms with van der Waals surface area (Å²) in [6.07, 6.45) is 2.37. The molecule has 1 saturated carbocycles. The molecule has 1 saturated heterocycles. The lowest BCUT2D eigenvalue weighted by Gasteiger charge is -2.30. The molecule has 0 spiro atoms. The van der Waals surface area contributed by atoms with Crippen LogP contribution in [0.3, 0.4) is 0 Å². The second-order valence-electron chi connectivity index (χ2n) is 4.81. The van der Waals surface area contributed by atoms with E-state index in [1.165, 1.54) is 4.90 Å². The van der Waals surface area contributed by atoms with Gasteiger partial charge in [-0.05, 0) is 60.1 Å². The summed E-state index contributed by atoms with van der Waals surface area (Å²) < 4.78 is 0.963. The van der Waals surface area contributed by atoms with E-state index in [9.17, 15) is 9.59 Å². The van der Waals surface area contributed by atoms with Crippen LogP contribution in [-0.2, 0) is 9.59 Å². The Hall–Kier alpha value is -0.620. The number of carbonyl (C=O) groups excluding carboxylic acids is 2. The third kappa shape index (κ3) is 1.86. The number of hydrogen-bond acceptors (Lipinski definition) is 2. The molecule has 2 unspecified atom stereocenters. The number of benzene rings is 1. The summed E-state index contributed by atoms with van der Waals surface area (Å²) in [6.45, 7) is 0. The smallest absolute Gasteiger partial charge is 0.236 e. The molecule has 0 N–H and O–H groups in total. The third-order valence-electron chi connectivity index (χ3n) is 3.72. The lowest BCUT2D eigenvalue weighted by atomic mass is 9.96. The molecule has 3 nitrogen and oxygen atoms in total. The number of rotatable bonds is 1. The SMILES string of the molecule is O=C1C2CCC(C2)C(=O)N1c1cc(I)ccc1Cl. The highest BCUT2D eigenvalue weighted by molar-refractivity contribution is 14.1. The largest absolute Gasteiger partial charge is 0.274 e. The Morgan fingerprint density at radius 3 is 2.39 bits per heavy atom. The molecule has 0 radical (unpaired) electrons. The van der Waals surface area contributed by atoms with Gasteiger partial charge >= 0.3 is 0 Å². The molecule has 2 bridgehead atoms. The van der Waals surface area contributed by atoms with Crippen LogP contribution in [0.5, 0.6) is 0 Å². The van der Waals surface area contributed by atoms with Crippen molar-refractivity contribution in [3.63, 3.8) is 0 Å². The fraction of sp³-hybridized carbons (Fsp3) is 0.385. The monoisotopic (exact) mass is 375 g/mol. The van der Waals surface area contributed by atoms with Gasteiger partial charge in [-0.3, -0.25) is 9.59 Å². The Morgan fingerprint density at radius 1 is 1.17 bits per heavy atom. The topological polar surface area (TPSA) is 37.4 Å². The van der Waals surface area contributed by atoms with Gasteiger partial charge in [-0.2, -0.15) is 0 Å². The molecule has 1 aliphatic heterocycles. The molecule has 2 atom stereocenters. The summed E-state index contributed by atoms with van der Waals surface area (Å²) in [6, 6.07) is 5.39. The number of halogens is 2. The maximum Gasteiger partial charge on any atom is 0.236 e.